The summed E-state index contributed by atoms with van der Waals surface area (Å²) in [5, 5.41) is 4.59. The molecule has 3 nitrogen and oxygen atoms in total. The number of thiazole rings is 1. The van der Waals surface area contributed by atoms with Crippen molar-refractivity contribution in [1.82, 2.24) is 15.3 Å². The van der Waals surface area contributed by atoms with Crippen LogP contribution in [-0.2, 0) is 6.42 Å². The quantitative estimate of drug-likeness (QED) is 0.920. The van der Waals surface area contributed by atoms with Crippen molar-refractivity contribution in [2.75, 3.05) is 6.54 Å². The summed E-state index contributed by atoms with van der Waals surface area (Å²) in [6.45, 7) is 3.15. The van der Waals surface area contributed by atoms with Crippen LogP contribution in [-0.4, -0.2) is 16.5 Å². The Balaban J connectivity index is 1.96. The molecule has 1 atom stereocenters. The predicted molar refractivity (Wildman–Crippen MR) is 74.7 cm³/mol. The fourth-order valence-corrected chi connectivity index (χ4v) is 3.60. The van der Waals surface area contributed by atoms with E-state index in [0.717, 1.165) is 17.2 Å². The van der Waals surface area contributed by atoms with Gasteiger partial charge in [-0.15, -0.1) is 11.3 Å². The number of hydrogen-bond acceptors (Lipinski definition) is 4. The molecule has 2 heterocycles. The monoisotopic (exact) mass is 259 g/mol. The molecule has 1 unspecified atom stereocenters. The first kappa shape index (κ1) is 11.8. The number of fused-ring (bicyclic) bond motifs is 1. The molecule has 2 aromatic heterocycles. The van der Waals surface area contributed by atoms with Crippen molar-refractivity contribution < 1.29 is 0 Å². The summed E-state index contributed by atoms with van der Waals surface area (Å²) in [6.07, 6.45) is 5.46. The largest absolute Gasteiger partial charge is 0.309 e. The lowest BCUT2D eigenvalue weighted by Crippen LogP contribution is -2.24. The highest BCUT2D eigenvalue weighted by atomic mass is 32.1. The summed E-state index contributed by atoms with van der Waals surface area (Å²) in [5.41, 5.74) is 2.25. The Bertz CT molecular complexity index is 521. The molecule has 18 heavy (non-hydrogen) atoms. The average Bonchev–Trinajstić information content (AvgIpc) is 2.85. The van der Waals surface area contributed by atoms with E-state index in [2.05, 4.69) is 17.2 Å². The van der Waals surface area contributed by atoms with Crippen LogP contribution in [0.2, 0.25) is 0 Å². The van der Waals surface area contributed by atoms with E-state index in [4.69, 9.17) is 4.98 Å². The molecule has 0 aliphatic heterocycles. The minimum Gasteiger partial charge on any atom is -0.309 e. The van der Waals surface area contributed by atoms with Gasteiger partial charge in [-0.25, -0.2) is 4.98 Å². The van der Waals surface area contributed by atoms with Crippen LogP contribution in [0.1, 0.15) is 36.4 Å². The standard InChI is InChI=1S/C14H17N3S/c1-2-15-10-7-5-8-12-13(10)17-14(18-12)11-6-3-4-9-16-11/h3-4,6,9-10,15H,2,5,7-8H2,1H3. The number of nitrogens with one attached hydrogen (secondary N) is 1. The van der Waals surface area contributed by atoms with Gasteiger partial charge in [0.25, 0.3) is 0 Å². The van der Waals surface area contributed by atoms with Crippen LogP contribution in [0.4, 0.5) is 0 Å². The molecule has 0 fully saturated rings. The number of nitrogens with zero attached hydrogens (tertiary/aromatic N) is 2. The van der Waals surface area contributed by atoms with Crippen molar-refractivity contribution in [3.05, 3.63) is 35.0 Å². The van der Waals surface area contributed by atoms with Crippen molar-refractivity contribution in [3.8, 4) is 10.7 Å². The van der Waals surface area contributed by atoms with E-state index in [1.165, 1.54) is 29.8 Å². The number of pyridine rings is 1. The van der Waals surface area contributed by atoms with E-state index in [1.54, 1.807) is 11.3 Å². The van der Waals surface area contributed by atoms with E-state index in [1.807, 2.05) is 24.4 Å². The zero-order valence-corrected chi connectivity index (χ0v) is 11.3. The van der Waals surface area contributed by atoms with Gasteiger partial charge in [0.05, 0.1) is 17.4 Å². The maximum atomic E-state index is 4.81. The summed E-state index contributed by atoms with van der Waals surface area (Å²) in [7, 11) is 0. The lowest BCUT2D eigenvalue weighted by molar-refractivity contribution is 0.465. The highest BCUT2D eigenvalue weighted by molar-refractivity contribution is 7.15. The Morgan fingerprint density at radius 1 is 1.44 bits per heavy atom. The van der Waals surface area contributed by atoms with Gasteiger partial charge in [-0.2, -0.15) is 0 Å². The van der Waals surface area contributed by atoms with E-state index >= 15 is 0 Å². The van der Waals surface area contributed by atoms with Crippen LogP contribution in [0.15, 0.2) is 24.4 Å². The van der Waals surface area contributed by atoms with Gasteiger partial charge in [-0.3, -0.25) is 4.98 Å². The van der Waals surface area contributed by atoms with Gasteiger partial charge in [0, 0.05) is 11.1 Å². The van der Waals surface area contributed by atoms with Crippen molar-refractivity contribution in [1.29, 1.82) is 0 Å². The fourth-order valence-electron chi connectivity index (χ4n) is 2.46. The molecule has 0 saturated heterocycles. The van der Waals surface area contributed by atoms with Crippen LogP contribution in [0, 0.1) is 0 Å². The first-order chi connectivity index (χ1) is 8.88. The third kappa shape index (κ3) is 2.18. The summed E-state index contributed by atoms with van der Waals surface area (Å²) in [6, 6.07) is 6.43. The zero-order chi connectivity index (χ0) is 12.4. The smallest absolute Gasteiger partial charge is 0.142 e. The van der Waals surface area contributed by atoms with E-state index in [0.29, 0.717) is 6.04 Å². The van der Waals surface area contributed by atoms with Crippen molar-refractivity contribution >= 4 is 11.3 Å². The first-order valence-electron chi connectivity index (χ1n) is 6.53. The van der Waals surface area contributed by atoms with Crippen molar-refractivity contribution in [3.63, 3.8) is 0 Å². The molecule has 1 aliphatic carbocycles. The maximum absolute atomic E-state index is 4.81. The molecular formula is C14H17N3S. The summed E-state index contributed by atoms with van der Waals surface area (Å²) in [5.74, 6) is 0. The van der Waals surface area contributed by atoms with Crippen molar-refractivity contribution in [2.45, 2.75) is 32.2 Å². The molecule has 1 N–H and O–H groups in total. The van der Waals surface area contributed by atoms with Crippen molar-refractivity contribution in [2.24, 2.45) is 0 Å². The fraction of sp³-hybridized carbons (Fsp3) is 0.429. The van der Waals surface area contributed by atoms with E-state index in [9.17, 15) is 0 Å². The highest BCUT2D eigenvalue weighted by Gasteiger charge is 2.24. The third-order valence-electron chi connectivity index (χ3n) is 3.29. The minimum atomic E-state index is 0.437. The molecule has 94 valence electrons. The van der Waals surface area contributed by atoms with Gasteiger partial charge < -0.3 is 5.32 Å². The summed E-state index contributed by atoms with van der Waals surface area (Å²) < 4.78 is 0. The number of aromatic nitrogens is 2. The Hall–Kier alpha value is -1.26. The number of hydrogen-bond donors (Lipinski definition) is 1. The average molecular weight is 259 g/mol. The van der Waals surface area contributed by atoms with Gasteiger partial charge in [0.1, 0.15) is 5.01 Å². The maximum Gasteiger partial charge on any atom is 0.142 e. The summed E-state index contributed by atoms with van der Waals surface area (Å²) >= 11 is 1.80. The van der Waals surface area contributed by atoms with Crippen LogP contribution < -0.4 is 5.32 Å². The molecule has 2 aromatic rings. The lowest BCUT2D eigenvalue weighted by atomic mass is 9.98. The number of aryl methyl sites for hydroxylation is 1. The van der Waals surface area contributed by atoms with Gasteiger partial charge >= 0.3 is 0 Å². The van der Waals surface area contributed by atoms with Crippen LogP contribution in [0.3, 0.4) is 0 Å². The minimum absolute atomic E-state index is 0.437. The van der Waals surface area contributed by atoms with Crippen LogP contribution in [0.5, 0.6) is 0 Å². The molecule has 4 heteroatoms. The van der Waals surface area contributed by atoms with Crippen LogP contribution >= 0.6 is 11.3 Å². The van der Waals surface area contributed by atoms with Gasteiger partial charge in [-0.1, -0.05) is 13.0 Å². The highest BCUT2D eigenvalue weighted by Crippen LogP contribution is 2.36. The SMILES string of the molecule is CCNC1CCCc2sc(-c3ccccn3)nc21. The Labute approximate surface area is 111 Å². The molecule has 0 aromatic carbocycles. The van der Waals surface area contributed by atoms with Gasteiger partial charge in [0.15, 0.2) is 0 Å². The number of rotatable bonds is 3. The first-order valence-corrected chi connectivity index (χ1v) is 7.34. The van der Waals surface area contributed by atoms with Gasteiger partial charge in [0.2, 0.25) is 0 Å². The second kappa shape index (κ2) is 5.16. The molecule has 1 aliphatic rings. The van der Waals surface area contributed by atoms with E-state index < -0.39 is 0 Å². The lowest BCUT2D eigenvalue weighted by Gasteiger charge is -2.21. The Morgan fingerprint density at radius 3 is 3.17 bits per heavy atom. The third-order valence-corrected chi connectivity index (χ3v) is 4.44. The molecule has 3 rings (SSSR count). The predicted octanol–water partition coefficient (Wildman–Crippen LogP) is 3.19. The van der Waals surface area contributed by atoms with Crippen LogP contribution in [0.25, 0.3) is 10.7 Å². The molecule has 0 spiro atoms. The zero-order valence-electron chi connectivity index (χ0n) is 10.5. The Morgan fingerprint density at radius 2 is 2.39 bits per heavy atom. The second-order valence-corrected chi connectivity index (χ2v) is 5.63. The summed E-state index contributed by atoms with van der Waals surface area (Å²) in [4.78, 5) is 10.6. The van der Waals surface area contributed by atoms with Gasteiger partial charge in [-0.05, 0) is 37.9 Å². The second-order valence-electron chi connectivity index (χ2n) is 4.54. The molecule has 0 amide bonds. The van der Waals surface area contributed by atoms with E-state index in [-0.39, 0.29) is 0 Å². The molecule has 0 saturated carbocycles. The molecular weight excluding hydrogens is 242 g/mol. The normalized spacial score (nSPS) is 18.6. The Kier molecular flexibility index (Phi) is 3.39. The molecule has 0 bridgehead atoms. The molecule has 0 radical (unpaired) electrons. The topological polar surface area (TPSA) is 37.8 Å².